The molecule has 1 amide bonds. The Morgan fingerprint density at radius 2 is 1.82 bits per heavy atom. The van der Waals surface area contributed by atoms with Crippen LogP contribution in [0.4, 0.5) is 5.69 Å². The van der Waals surface area contributed by atoms with Crippen LogP contribution in [-0.2, 0) is 0 Å². The van der Waals surface area contributed by atoms with Gasteiger partial charge in [0.05, 0.1) is 10.7 Å². The first-order chi connectivity index (χ1) is 13.5. The van der Waals surface area contributed by atoms with E-state index in [1.54, 1.807) is 24.3 Å². The van der Waals surface area contributed by atoms with Gasteiger partial charge in [0.25, 0.3) is 5.91 Å². The number of benzene rings is 3. The van der Waals surface area contributed by atoms with Crippen LogP contribution in [0.1, 0.15) is 35.7 Å². The highest BCUT2D eigenvalue weighted by Crippen LogP contribution is 2.31. The van der Waals surface area contributed by atoms with Gasteiger partial charge < -0.3 is 9.73 Å². The number of hydrogen-bond acceptors (Lipinski definition) is 3. The van der Waals surface area contributed by atoms with E-state index in [0.29, 0.717) is 28.1 Å². The fourth-order valence-electron chi connectivity index (χ4n) is 2.97. The van der Waals surface area contributed by atoms with E-state index in [4.69, 9.17) is 16.0 Å². The number of fused-ring (bicyclic) bond motifs is 1. The third-order valence-electron chi connectivity index (χ3n) is 4.58. The Bertz CT molecular complexity index is 1150. The van der Waals surface area contributed by atoms with E-state index >= 15 is 0 Å². The topological polar surface area (TPSA) is 55.1 Å². The Labute approximate surface area is 168 Å². The van der Waals surface area contributed by atoms with Crippen molar-refractivity contribution in [2.45, 2.75) is 19.8 Å². The Hall–Kier alpha value is -3.11. The Balaban J connectivity index is 1.67. The minimum absolute atomic E-state index is 0.223. The Morgan fingerprint density at radius 3 is 2.57 bits per heavy atom. The van der Waals surface area contributed by atoms with Gasteiger partial charge in [0.1, 0.15) is 5.52 Å². The van der Waals surface area contributed by atoms with E-state index < -0.39 is 0 Å². The highest BCUT2D eigenvalue weighted by atomic mass is 35.5. The molecule has 4 aromatic rings. The van der Waals surface area contributed by atoms with E-state index in [2.05, 4.69) is 30.2 Å². The molecule has 0 bridgehead atoms. The maximum atomic E-state index is 12.4. The molecule has 4 rings (SSSR count). The lowest BCUT2D eigenvalue weighted by molar-refractivity contribution is 0.102. The van der Waals surface area contributed by atoms with Crippen molar-refractivity contribution in [3.05, 3.63) is 82.9 Å². The Morgan fingerprint density at radius 1 is 1.04 bits per heavy atom. The normalized spacial score (nSPS) is 11.1. The second kappa shape index (κ2) is 7.49. The molecule has 1 aromatic heterocycles. The standard InChI is InChI=1S/C23H19ClN2O2/c1-14(2)16-9-11-21-20(12-16)26-23(28-21)17-8-10-18(24)19(13-17)25-22(27)15-6-4-3-5-7-15/h3-14H,1-2H3,(H,25,27). The summed E-state index contributed by atoms with van der Waals surface area (Å²) in [5.74, 6) is 0.682. The number of nitrogens with one attached hydrogen (secondary N) is 1. The van der Waals surface area contributed by atoms with Crippen LogP contribution in [-0.4, -0.2) is 10.9 Å². The van der Waals surface area contributed by atoms with E-state index in [9.17, 15) is 4.79 Å². The molecular formula is C23H19ClN2O2. The summed E-state index contributed by atoms with van der Waals surface area (Å²) in [6.45, 7) is 4.28. The van der Waals surface area contributed by atoms with Crippen molar-refractivity contribution in [3.8, 4) is 11.5 Å². The quantitative estimate of drug-likeness (QED) is 0.431. The molecule has 1 N–H and O–H groups in total. The van der Waals surface area contributed by atoms with Crippen molar-refractivity contribution in [1.29, 1.82) is 0 Å². The Kier molecular flexibility index (Phi) is 4.88. The summed E-state index contributed by atoms with van der Waals surface area (Å²) in [7, 11) is 0. The first-order valence-corrected chi connectivity index (χ1v) is 9.46. The van der Waals surface area contributed by atoms with Crippen molar-refractivity contribution in [2.24, 2.45) is 0 Å². The van der Waals surface area contributed by atoms with Crippen molar-refractivity contribution in [2.75, 3.05) is 5.32 Å². The molecule has 0 fully saturated rings. The highest BCUT2D eigenvalue weighted by Gasteiger charge is 2.14. The van der Waals surface area contributed by atoms with Crippen LogP contribution in [0.25, 0.3) is 22.6 Å². The van der Waals surface area contributed by atoms with E-state index in [0.717, 1.165) is 16.7 Å². The van der Waals surface area contributed by atoms with Crippen LogP contribution < -0.4 is 5.32 Å². The lowest BCUT2D eigenvalue weighted by Crippen LogP contribution is -2.12. The first-order valence-electron chi connectivity index (χ1n) is 9.08. The van der Waals surface area contributed by atoms with Crippen molar-refractivity contribution < 1.29 is 9.21 Å². The minimum Gasteiger partial charge on any atom is -0.436 e. The predicted octanol–water partition coefficient (Wildman–Crippen LogP) is 6.52. The molecule has 0 radical (unpaired) electrons. The fourth-order valence-corrected chi connectivity index (χ4v) is 3.13. The average Bonchev–Trinajstić information content (AvgIpc) is 3.13. The van der Waals surface area contributed by atoms with Crippen LogP contribution in [0.15, 0.2) is 71.1 Å². The third kappa shape index (κ3) is 3.64. The molecule has 0 saturated heterocycles. The number of nitrogens with zero attached hydrogens (tertiary/aromatic N) is 1. The molecule has 0 saturated carbocycles. The zero-order valence-corrected chi connectivity index (χ0v) is 16.3. The molecule has 0 aliphatic rings. The second-order valence-corrected chi connectivity index (χ2v) is 7.32. The molecule has 4 nitrogen and oxygen atoms in total. The number of amides is 1. The van der Waals surface area contributed by atoms with Crippen molar-refractivity contribution in [1.82, 2.24) is 4.98 Å². The number of hydrogen-bond donors (Lipinski definition) is 1. The van der Waals surface area contributed by atoms with Gasteiger partial charge in [-0.05, 0) is 53.9 Å². The summed E-state index contributed by atoms with van der Waals surface area (Å²) in [6, 6.07) is 20.4. The smallest absolute Gasteiger partial charge is 0.255 e. The molecule has 0 spiro atoms. The predicted molar refractivity (Wildman–Crippen MR) is 113 cm³/mol. The molecule has 3 aromatic carbocycles. The minimum atomic E-state index is -0.223. The maximum Gasteiger partial charge on any atom is 0.255 e. The molecule has 0 unspecified atom stereocenters. The maximum absolute atomic E-state index is 12.4. The number of carbonyl (C=O) groups is 1. The summed E-state index contributed by atoms with van der Waals surface area (Å²) >= 11 is 6.28. The van der Waals surface area contributed by atoms with Crippen LogP contribution in [0, 0.1) is 0 Å². The molecular weight excluding hydrogens is 372 g/mol. The molecule has 140 valence electrons. The third-order valence-corrected chi connectivity index (χ3v) is 4.91. The number of halogens is 1. The van der Waals surface area contributed by atoms with Gasteiger partial charge in [-0.2, -0.15) is 0 Å². The molecule has 0 aliphatic carbocycles. The largest absolute Gasteiger partial charge is 0.436 e. The zero-order valence-electron chi connectivity index (χ0n) is 15.6. The van der Waals surface area contributed by atoms with Gasteiger partial charge in [-0.3, -0.25) is 4.79 Å². The monoisotopic (exact) mass is 390 g/mol. The number of aromatic nitrogens is 1. The summed E-state index contributed by atoms with van der Waals surface area (Å²) in [6.07, 6.45) is 0. The van der Waals surface area contributed by atoms with Gasteiger partial charge in [0.15, 0.2) is 5.58 Å². The molecule has 0 aliphatic heterocycles. The lowest BCUT2D eigenvalue weighted by Gasteiger charge is -2.08. The molecule has 28 heavy (non-hydrogen) atoms. The molecule has 5 heteroatoms. The van der Waals surface area contributed by atoms with Gasteiger partial charge in [-0.25, -0.2) is 4.98 Å². The van der Waals surface area contributed by atoms with Gasteiger partial charge in [0, 0.05) is 11.1 Å². The van der Waals surface area contributed by atoms with Gasteiger partial charge in [0.2, 0.25) is 5.89 Å². The van der Waals surface area contributed by atoms with Gasteiger partial charge in [-0.15, -0.1) is 0 Å². The van der Waals surface area contributed by atoms with Crippen molar-refractivity contribution >= 4 is 34.3 Å². The molecule has 0 atom stereocenters. The van der Waals surface area contributed by atoms with E-state index in [-0.39, 0.29) is 5.91 Å². The zero-order chi connectivity index (χ0) is 19.7. The van der Waals surface area contributed by atoms with Gasteiger partial charge in [-0.1, -0.05) is 49.7 Å². The van der Waals surface area contributed by atoms with Crippen LogP contribution in [0.3, 0.4) is 0 Å². The van der Waals surface area contributed by atoms with Crippen molar-refractivity contribution in [3.63, 3.8) is 0 Å². The number of anilines is 1. The summed E-state index contributed by atoms with van der Waals surface area (Å²) in [5, 5.41) is 3.30. The second-order valence-electron chi connectivity index (χ2n) is 6.92. The lowest BCUT2D eigenvalue weighted by atomic mass is 10.0. The number of oxazole rings is 1. The summed E-state index contributed by atoms with van der Waals surface area (Å²) < 4.78 is 5.91. The van der Waals surface area contributed by atoms with E-state index in [1.165, 1.54) is 5.56 Å². The summed E-state index contributed by atoms with van der Waals surface area (Å²) in [4.78, 5) is 17.1. The summed E-state index contributed by atoms with van der Waals surface area (Å²) in [5.41, 5.74) is 4.56. The number of carbonyl (C=O) groups excluding carboxylic acids is 1. The van der Waals surface area contributed by atoms with Crippen LogP contribution >= 0.6 is 11.6 Å². The van der Waals surface area contributed by atoms with Crippen LogP contribution in [0.2, 0.25) is 5.02 Å². The first kappa shape index (κ1) is 18.3. The van der Waals surface area contributed by atoms with Gasteiger partial charge >= 0.3 is 0 Å². The average molecular weight is 391 g/mol. The molecule has 1 heterocycles. The highest BCUT2D eigenvalue weighted by molar-refractivity contribution is 6.34. The SMILES string of the molecule is CC(C)c1ccc2oc(-c3ccc(Cl)c(NC(=O)c4ccccc4)c3)nc2c1. The van der Waals surface area contributed by atoms with Crippen LogP contribution in [0.5, 0.6) is 0 Å². The fraction of sp³-hybridized carbons (Fsp3) is 0.130. The van der Waals surface area contributed by atoms with E-state index in [1.807, 2.05) is 36.4 Å². The number of rotatable bonds is 4.